The molecule has 2 aliphatic rings. The number of hydrogen-bond donors (Lipinski definition) is 0. The molecule has 0 bridgehead atoms. The number of Topliss-reactive ketones (excluding diaryl/α,β-unsaturated/α-hetero) is 1. The van der Waals surface area contributed by atoms with Gasteiger partial charge in [-0.15, -0.1) is 0 Å². The van der Waals surface area contributed by atoms with Crippen molar-refractivity contribution in [3.05, 3.63) is 12.7 Å². The minimum Gasteiger partial charge on any atom is -0.544 e. The van der Waals surface area contributed by atoms with Gasteiger partial charge >= 0.3 is 5.91 Å². The second-order valence-corrected chi connectivity index (χ2v) is 8.72. The van der Waals surface area contributed by atoms with Crippen LogP contribution >= 0.6 is 0 Å². The van der Waals surface area contributed by atoms with Crippen molar-refractivity contribution < 1.29 is 24.0 Å². The lowest BCUT2D eigenvalue weighted by Crippen LogP contribution is -2.66. The molecule has 1 amide bonds. The standard InChI is InChI=1S/C21H33NO4/c1-5-13-22(19(24)18(23)21(3,4)6-2)14-12-16(17(22)20(25)26)15-10-8-7-9-11-15/h5,15-17H,1,6-14H2,2-4H3/t16?,17-,22?/m0/s1. The number of nitrogens with zero attached hydrogens (tertiary/aromatic N) is 1. The summed E-state index contributed by atoms with van der Waals surface area (Å²) >= 11 is 0. The molecule has 0 spiro atoms. The van der Waals surface area contributed by atoms with E-state index in [4.69, 9.17) is 0 Å². The molecule has 0 aromatic carbocycles. The predicted octanol–water partition coefficient (Wildman–Crippen LogP) is 2.24. The molecule has 26 heavy (non-hydrogen) atoms. The van der Waals surface area contributed by atoms with E-state index in [9.17, 15) is 19.5 Å². The number of ketones is 1. The number of amides is 1. The van der Waals surface area contributed by atoms with Crippen LogP contribution in [0.5, 0.6) is 0 Å². The Balaban J connectivity index is 2.41. The smallest absolute Gasteiger partial charge is 0.383 e. The average molecular weight is 363 g/mol. The number of rotatable bonds is 7. The maximum atomic E-state index is 13.3. The molecule has 146 valence electrons. The van der Waals surface area contributed by atoms with E-state index >= 15 is 0 Å². The van der Waals surface area contributed by atoms with Crippen LogP contribution in [0.2, 0.25) is 0 Å². The van der Waals surface area contributed by atoms with E-state index < -0.39 is 29.1 Å². The van der Waals surface area contributed by atoms with Gasteiger partial charge in [0.2, 0.25) is 0 Å². The van der Waals surface area contributed by atoms with Crippen molar-refractivity contribution in [1.29, 1.82) is 0 Å². The fraction of sp³-hybridized carbons (Fsp3) is 0.762. The summed E-state index contributed by atoms with van der Waals surface area (Å²) in [5, 5.41) is 12.2. The van der Waals surface area contributed by atoms with Crippen LogP contribution in [0, 0.1) is 17.3 Å². The number of carboxylic acids is 1. The van der Waals surface area contributed by atoms with E-state index in [0.717, 1.165) is 25.7 Å². The van der Waals surface area contributed by atoms with Crippen LogP contribution in [0.25, 0.3) is 0 Å². The monoisotopic (exact) mass is 363 g/mol. The largest absolute Gasteiger partial charge is 0.544 e. The lowest BCUT2D eigenvalue weighted by molar-refractivity contribution is -0.853. The van der Waals surface area contributed by atoms with Crippen molar-refractivity contribution in [2.45, 2.75) is 71.8 Å². The zero-order valence-electron chi connectivity index (χ0n) is 16.5. The molecule has 3 atom stereocenters. The summed E-state index contributed by atoms with van der Waals surface area (Å²) in [7, 11) is 0. The summed E-state index contributed by atoms with van der Waals surface area (Å²) in [6.07, 6.45) is 8.18. The van der Waals surface area contributed by atoms with Crippen molar-refractivity contribution in [2.75, 3.05) is 13.1 Å². The quantitative estimate of drug-likeness (QED) is 0.395. The van der Waals surface area contributed by atoms with Crippen LogP contribution in [-0.4, -0.2) is 41.3 Å². The first-order valence-corrected chi connectivity index (χ1v) is 9.99. The van der Waals surface area contributed by atoms with Crippen LogP contribution in [0.3, 0.4) is 0 Å². The molecular formula is C21H33NO4. The minimum atomic E-state index is -1.20. The Morgan fingerprint density at radius 2 is 1.77 bits per heavy atom. The second kappa shape index (κ2) is 8.03. The van der Waals surface area contributed by atoms with Gasteiger partial charge in [0.25, 0.3) is 5.78 Å². The average Bonchev–Trinajstić information content (AvgIpc) is 3.02. The molecule has 2 unspecified atom stereocenters. The van der Waals surface area contributed by atoms with Crippen LogP contribution in [0.1, 0.15) is 65.7 Å². The van der Waals surface area contributed by atoms with E-state index in [1.807, 2.05) is 6.92 Å². The molecule has 2 fully saturated rings. The Kier molecular flexibility index (Phi) is 6.43. The van der Waals surface area contributed by atoms with Gasteiger partial charge in [0.1, 0.15) is 18.6 Å². The lowest BCUT2D eigenvalue weighted by Gasteiger charge is -2.41. The molecule has 0 radical (unpaired) electrons. The highest BCUT2D eigenvalue weighted by atomic mass is 16.4. The lowest BCUT2D eigenvalue weighted by atomic mass is 9.76. The highest BCUT2D eigenvalue weighted by Crippen LogP contribution is 2.43. The number of hydrogen-bond acceptors (Lipinski definition) is 4. The molecule has 2 rings (SSSR count). The highest BCUT2D eigenvalue weighted by molar-refractivity contribution is 6.35. The van der Waals surface area contributed by atoms with E-state index in [1.54, 1.807) is 19.9 Å². The summed E-state index contributed by atoms with van der Waals surface area (Å²) < 4.78 is -0.338. The summed E-state index contributed by atoms with van der Waals surface area (Å²) in [5.74, 6) is -2.04. The first-order chi connectivity index (χ1) is 12.2. The van der Waals surface area contributed by atoms with Crippen LogP contribution in [0.4, 0.5) is 0 Å². The second-order valence-electron chi connectivity index (χ2n) is 8.72. The third-order valence-corrected chi connectivity index (χ3v) is 6.85. The van der Waals surface area contributed by atoms with E-state index in [-0.39, 0.29) is 16.9 Å². The molecule has 0 aromatic rings. The first-order valence-electron chi connectivity index (χ1n) is 9.99. The Morgan fingerprint density at radius 1 is 1.15 bits per heavy atom. The number of carboxylic acid groups (broad SMARTS) is 1. The molecule has 1 aliphatic carbocycles. The highest BCUT2D eigenvalue weighted by Gasteiger charge is 2.58. The van der Waals surface area contributed by atoms with Gasteiger partial charge in [-0.25, -0.2) is 9.28 Å². The minimum absolute atomic E-state index is 0.0956. The number of likely N-dealkylation sites (tertiary alicyclic amines) is 1. The summed E-state index contributed by atoms with van der Waals surface area (Å²) in [6.45, 7) is 9.66. The van der Waals surface area contributed by atoms with Crippen molar-refractivity contribution >= 4 is 17.7 Å². The molecular weight excluding hydrogens is 330 g/mol. The normalized spacial score (nSPS) is 30.1. The van der Waals surface area contributed by atoms with E-state index in [1.165, 1.54) is 6.42 Å². The molecule has 1 saturated carbocycles. The van der Waals surface area contributed by atoms with E-state index in [0.29, 0.717) is 25.3 Å². The predicted molar refractivity (Wildman–Crippen MR) is 97.8 cm³/mol. The van der Waals surface area contributed by atoms with Crippen molar-refractivity contribution in [1.82, 2.24) is 0 Å². The summed E-state index contributed by atoms with van der Waals surface area (Å²) in [4.78, 5) is 38.4. The van der Waals surface area contributed by atoms with Crippen molar-refractivity contribution in [3.63, 3.8) is 0 Å². The maximum absolute atomic E-state index is 13.3. The molecule has 1 heterocycles. The first kappa shape index (κ1) is 20.8. The number of aliphatic carboxylic acids is 1. The zero-order valence-corrected chi connectivity index (χ0v) is 16.5. The van der Waals surface area contributed by atoms with Gasteiger partial charge < -0.3 is 9.90 Å². The SMILES string of the molecule is C=CC[N+]1(C(=O)C(=O)C(C)(C)CC)CCC(C2CCCCC2)[C@H]1C(=O)[O-]. The molecule has 1 aliphatic heterocycles. The third kappa shape index (κ3) is 3.64. The Labute approximate surface area is 157 Å². The molecule has 5 nitrogen and oxygen atoms in total. The Morgan fingerprint density at radius 3 is 2.27 bits per heavy atom. The van der Waals surface area contributed by atoms with Crippen LogP contribution in [-0.2, 0) is 14.4 Å². The van der Waals surface area contributed by atoms with Crippen molar-refractivity contribution in [2.24, 2.45) is 17.3 Å². The number of quaternary nitrogens is 1. The van der Waals surface area contributed by atoms with Crippen LogP contribution in [0.15, 0.2) is 12.7 Å². The Hall–Kier alpha value is -1.49. The zero-order chi connectivity index (χ0) is 19.5. The van der Waals surface area contributed by atoms with Crippen LogP contribution < -0.4 is 5.11 Å². The maximum Gasteiger partial charge on any atom is 0.383 e. The van der Waals surface area contributed by atoms with Gasteiger partial charge in [-0.2, -0.15) is 0 Å². The van der Waals surface area contributed by atoms with Gasteiger partial charge in [0, 0.05) is 17.8 Å². The summed E-state index contributed by atoms with van der Waals surface area (Å²) in [6, 6.07) is -0.944. The fourth-order valence-electron chi connectivity index (χ4n) is 4.87. The van der Waals surface area contributed by atoms with Gasteiger partial charge in [-0.05, 0) is 31.3 Å². The van der Waals surface area contributed by atoms with Gasteiger partial charge in [0.15, 0.2) is 0 Å². The molecule has 5 heteroatoms. The van der Waals surface area contributed by atoms with Crippen molar-refractivity contribution in [3.8, 4) is 0 Å². The number of carbonyl (C=O) groups excluding carboxylic acids is 3. The molecule has 0 N–H and O–H groups in total. The summed E-state index contributed by atoms with van der Waals surface area (Å²) in [5.41, 5.74) is -0.789. The van der Waals surface area contributed by atoms with Gasteiger partial charge in [-0.1, -0.05) is 46.6 Å². The fourth-order valence-corrected chi connectivity index (χ4v) is 4.87. The number of carbonyl (C=O) groups is 3. The molecule has 1 saturated heterocycles. The molecule has 0 aromatic heterocycles. The van der Waals surface area contributed by atoms with Gasteiger partial charge in [0.05, 0.1) is 6.54 Å². The topological polar surface area (TPSA) is 74.3 Å². The van der Waals surface area contributed by atoms with Gasteiger partial charge in [-0.3, -0.25) is 4.79 Å². The Bertz CT molecular complexity index is 577. The third-order valence-electron chi connectivity index (χ3n) is 6.85. The van der Waals surface area contributed by atoms with E-state index in [2.05, 4.69) is 6.58 Å².